The average Bonchev–Trinajstić information content (AvgIpc) is 3.22. The van der Waals surface area contributed by atoms with E-state index in [4.69, 9.17) is 9.40 Å². The standard InChI is InChI=1S/C18H22N4O2S/c1-11-4-9-25-15(11)16-20-14(12(2)24-16)10-22-7-5-18(6-8-22)17(23)19-13(3)21-18/h4,9H,5-8,10H2,1-3H3,(H,19,21,23). The van der Waals surface area contributed by atoms with Crippen molar-refractivity contribution in [2.75, 3.05) is 13.1 Å². The molecule has 2 aliphatic heterocycles. The van der Waals surface area contributed by atoms with Gasteiger partial charge in [-0.25, -0.2) is 4.98 Å². The van der Waals surface area contributed by atoms with E-state index in [-0.39, 0.29) is 5.91 Å². The summed E-state index contributed by atoms with van der Waals surface area (Å²) in [5, 5.41) is 4.90. The summed E-state index contributed by atoms with van der Waals surface area (Å²) >= 11 is 1.65. The van der Waals surface area contributed by atoms with Crippen LogP contribution in [0.5, 0.6) is 0 Å². The molecule has 1 spiro atoms. The predicted octanol–water partition coefficient (Wildman–Crippen LogP) is 2.90. The molecule has 2 aromatic heterocycles. The fourth-order valence-corrected chi connectivity index (χ4v) is 4.43. The monoisotopic (exact) mass is 358 g/mol. The fourth-order valence-electron chi connectivity index (χ4n) is 3.58. The third-order valence-corrected chi connectivity index (χ3v) is 6.11. The number of amidine groups is 1. The molecule has 0 radical (unpaired) electrons. The lowest BCUT2D eigenvalue weighted by Crippen LogP contribution is -2.48. The second-order valence-corrected chi connectivity index (χ2v) is 7.83. The molecule has 1 amide bonds. The lowest BCUT2D eigenvalue weighted by Gasteiger charge is -2.35. The summed E-state index contributed by atoms with van der Waals surface area (Å²) in [5.74, 6) is 2.37. The van der Waals surface area contributed by atoms with Crippen LogP contribution in [-0.4, -0.2) is 40.3 Å². The van der Waals surface area contributed by atoms with Gasteiger partial charge in [-0.2, -0.15) is 0 Å². The zero-order valence-electron chi connectivity index (χ0n) is 14.8. The molecule has 1 saturated heterocycles. The molecule has 4 heterocycles. The van der Waals surface area contributed by atoms with Crippen molar-refractivity contribution in [1.29, 1.82) is 0 Å². The van der Waals surface area contributed by atoms with Crippen molar-refractivity contribution in [3.63, 3.8) is 0 Å². The Labute approximate surface area is 151 Å². The van der Waals surface area contributed by atoms with Gasteiger partial charge in [0.05, 0.1) is 10.6 Å². The van der Waals surface area contributed by atoms with Gasteiger partial charge in [0.1, 0.15) is 17.1 Å². The van der Waals surface area contributed by atoms with Crippen molar-refractivity contribution in [3.8, 4) is 10.8 Å². The number of carbonyl (C=O) groups is 1. The molecule has 1 fully saturated rings. The number of aliphatic imine (C=N–C) groups is 1. The third-order valence-electron chi connectivity index (χ3n) is 5.10. The summed E-state index contributed by atoms with van der Waals surface area (Å²) < 4.78 is 5.89. The molecule has 0 saturated carbocycles. The van der Waals surface area contributed by atoms with E-state index in [1.807, 2.05) is 13.8 Å². The smallest absolute Gasteiger partial charge is 0.253 e. The number of aromatic nitrogens is 1. The van der Waals surface area contributed by atoms with Crippen LogP contribution in [-0.2, 0) is 11.3 Å². The molecule has 1 N–H and O–H groups in total. The maximum absolute atomic E-state index is 12.2. The van der Waals surface area contributed by atoms with E-state index in [0.29, 0.717) is 5.89 Å². The van der Waals surface area contributed by atoms with Gasteiger partial charge in [-0.1, -0.05) is 0 Å². The van der Waals surface area contributed by atoms with Crippen molar-refractivity contribution in [2.45, 2.75) is 45.7 Å². The van der Waals surface area contributed by atoms with Crippen LogP contribution < -0.4 is 5.32 Å². The number of thiophene rings is 1. The minimum Gasteiger partial charge on any atom is -0.440 e. The fraction of sp³-hybridized carbons (Fsp3) is 0.500. The van der Waals surface area contributed by atoms with E-state index in [2.05, 4.69) is 33.6 Å². The number of likely N-dealkylation sites (tertiary alicyclic amines) is 1. The maximum atomic E-state index is 12.2. The summed E-state index contributed by atoms with van der Waals surface area (Å²) in [4.78, 5) is 24.9. The average molecular weight is 358 g/mol. The Morgan fingerprint density at radius 1 is 1.32 bits per heavy atom. The molecule has 7 heteroatoms. The van der Waals surface area contributed by atoms with Crippen LogP contribution in [0.1, 0.15) is 36.8 Å². The molecule has 6 nitrogen and oxygen atoms in total. The minimum atomic E-state index is -0.543. The lowest BCUT2D eigenvalue weighted by molar-refractivity contribution is -0.125. The van der Waals surface area contributed by atoms with Gasteiger partial charge in [0, 0.05) is 19.6 Å². The molecular weight excluding hydrogens is 336 g/mol. The zero-order chi connectivity index (χ0) is 17.6. The number of carbonyl (C=O) groups excluding carboxylic acids is 1. The Kier molecular flexibility index (Phi) is 4.00. The van der Waals surface area contributed by atoms with Gasteiger partial charge < -0.3 is 9.73 Å². The van der Waals surface area contributed by atoms with E-state index in [1.54, 1.807) is 11.3 Å². The number of piperidine rings is 1. The summed E-state index contributed by atoms with van der Waals surface area (Å²) in [6, 6.07) is 2.08. The highest BCUT2D eigenvalue weighted by Gasteiger charge is 2.44. The van der Waals surface area contributed by atoms with Crippen molar-refractivity contribution < 1.29 is 9.21 Å². The van der Waals surface area contributed by atoms with Crippen LogP contribution in [0.3, 0.4) is 0 Å². The summed E-state index contributed by atoms with van der Waals surface area (Å²) in [6.07, 6.45) is 1.51. The lowest BCUT2D eigenvalue weighted by atomic mass is 9.88. The first-order valence-electron chi connectivity index (χ1n) is 8.58. The first-order chi connectivity index (χ1) is 12.0. The number of aryl methyl sites for hydroxylation is 2. The van der Waals surface area contributed by atoms with Crippen LogP contribution in [0.25, 0.3) is 10.8 Å². The van der Waals surface area contributed by atoms with Gasteiger partial charge in [-0.05, 0) is 50.6 Å². The Morgan fingerprint density at radius 3 is 2.68 bits per heavy atom. The number of amides is 1. The number of nitrogens with one attached hydrogen (secondary N) is 1. The van der Waals surface area contributed by atoms with Gasteiger partial charge in [0.2, 0.25) is 5.89 Å². The third kappa shape index (κ3) is 2.91. The maximum Gasteiger partial charge on any atom is 0.253 e. The second kappa shape index (κ2) is 6.07. The van der Waals surface area contributed by atoms with Crippen LogP contribution in [0.4, 0.5) is 0 Å². The van der Waals surface area contributed by atoms with E-state index in [1.165, 1.54) is 5.56 Å². The van der Waals surface area contributed by atoms with E-state index >= 15 is 0 Å². The van der Waals surface area contributed by atoms with Gasteiger partial charge in [-0.15, -0.1) is 11.3 Å². The molecule has 132 valence electrons. The van der Waals surface area contributed by atoms with Crippen molar-refractivity contribution in [1.82, 2.24) is 15.2 Å². The Hall–Kier alpha value is -1.99. The quantitative estimate of drug-likeness (QED) is 0.916. The summed E-state index contributed by atoms with van der Waals surface area (Å²) in [6.45, 7) is 8.32. The molecule has 25 heavy (non-hydrogen) atoms. The molecule has 0 aromatic carbocycles. The molecule has 2 aliphatic rings. The topological polar surface area (TPSA) is 70.7 Å². The Balaban J connectivity index is 1.45. The SMILES string of the molecule is CC1=NC2(CCN(Cc3nc(-c4sccc4C)oc3C)CC2)C(=O)N1. The van der Waals surface area contributed by atoms with Gasteiger partial charge in [0.15, 0.2) is 0 Å². The predicted molar refractivity (Wildman–Crippen MR) is 97.8 cm³/mol. The van der Waals surface area contributed by atoms with Gasteiger partial charge in [-0.3, -0.25) is 14.7 Å². The van der Waals surface area contributed by atoms with E-state index < -0.39 is 5.54 Å². The first kappa shape index (κ1) is 16.5. The number of oxazole rings is 1. The van der Waals surface area contributed by atoms with Crippen LogP contribution >= 0.6 is 11.3 Å². The van der Waals surface area contributed by atoms with Crippen molar-refractivity contribution in [3.05, 3.63) is 28.5 Å². The number of hydrogen-bond donors (Lipinski definition) is 1. The summed E-state index contributed by atoms with van der Waals surface area (Å²) in [7, 11) is 0. The number of hydrogen-bond acceptors (Lipinski definition) is 6. The molecule has 4 rings (SSSR count). The van der Waals surface area contributed by atoms with Gasteiger partial charge >= 0.3 is 0 Å². The summed E-state index contributed by atoms with van der Waals surface area (Å²) in [5.41, 5.74) is 1.63. The van der Waals surface area contributed by atoms with E-state index in [9.17, 15) is 4.79 Å². The normalized spacial score (nSPS) is 20.1. The van der Waals surface area contributed by atoms with Crippen LogP contribution in [0, 0.1) is 13.8 Å². The highest BCUT2D eigenvalue weighted by Crippen LogP contribution is 2.32. The zero-order valence-corrected chi connectivity index (χ0v) is 15.6. The Bertz CT molecular complexity index is 843. The van der Waals surface area contributed by atoms with Crippen molar-refractivity contribution in [2.24, 2.45) is 4.99 Å². The molecule has 0 aliphatic carbocycles. The van der Waals surface area contributed by atoms with Gasteiger partial charge in [0.25, 0.3) is 5.91 Å². The molecular formula is C18H22N4O2S. The number of rotatable bonds is 3. The van der Waals surface area contributed by atoms with Crippen LogP contribution in [0.15, 0.2) is 20.9 Å². The van der Waals surface area contributed by atoms with E-state index in [0.717, 1.165) is 54.6 Å². The molecule has 0 bridgehead atoms. The highest BCUT2D eigenvalue weighted by atomic mass is 32.1. The Morgan fingerprint density at radius 2 is 2.08 bits per heavy atom. The molecule has 0 atom stereocenters. The number of nitrogens with zero attached hydrogens (tertiary/aromatic N) is 3. The van der Waals surface area contributed by atoms with Crippen molar-refractivity contribution >= 4 is 23.1 Å². The first-order valence-corrected chi connectivity index (χ1v) is 9.46. The highest BCUT2D eigenvalue weighted by molar-refractivity contribution is 7.13. The molecule has 2 aromatic rings. The van der Waals surface area contributed by atoms with Crippen LogP contribution in [0.2, 0.25) is 0 Å². The second-order valence-electron chi connectivity index (χ2n) is 6.91. The molecule has 0 unspecified atom stereocenters. The largest absolute Gasteiger partial charge is 0.440 e. The minimum absolute atomic E-state index is 0.0534.